The van der Waals surface area contributed by atoms with Crippen molar-refractivity contribution in [2.24, 2.45) is 4.99 Å². The predicted molar refractivity (Wildman–Crippen MR) is 90.3 cm³/mol. The Labute approximate surface area is 141 Å². The van der Waals surface area contributed by atoms with E-state index >= 15 is 0 Å². The van der Waals surface area contributed by atoms with E-state index in [2.05, 4.69) is 40.7 Å². The average Bonchev–Trinajstić information content (AvgIpc) is 2.91. The first kappa shape index (κ1) is 18.6. The number of guanidine groups is 1. The third-order valence-electron chi connectivity index (χ3n) is 4.03. The van der Waals surface area contributed by atoms with Gasteiger partial charge in [-0.15, -0.1) is 0 Å². The lowest BCUT2D eigenvalue weighted by atomic mass is 10.1. The van der Waals surface area contributed by atoms with Gasteiger partial charge in [-0.05, 0) is 25.3 Å². The smallest absolute Gasteiger partial charge is 0.356 e. The van der Waals surface area contributed by atoms with E-state index in [0.717, 1.165) is 13.0 Å². The molecule has 7 heteroatoms. The highest BCUT2D eigenvalue weighted by molar-refractivity contribution is 5.80. The average molecular weight is 342 g/mol. The second-order valence-corrected chi connectivity index (χ2v) is 6.22. The Hall–Kier alpha value is -1.76. The van der Waals surface area contributed by atoms with Crippen molar-refractivity contribution >= 4 is 5.96 Å². The molecule has 0 radical (unpaired) electrons. The number of rotatable bonds is 5. The highest BCUT2D eigenvalue weighted by Gasteiger charge is 2.34. The molecule has 1 aliphatic rings. The molecular weight excluding hydrogens is 317 g/mol. The van der Waals surface area contributed by atoms with Gasteiger partial charge >= 0.3 is 6.18 Å². The van der Waals surface area contributed by atoms with Crippen molar-refractivity contribution < 1.29 is 13.2 Å². The zero-order chi connectivity index (χ0) is 17.6. The van der Waals surface area contributed by atoms with Crippen molar-refractivity contribution in [2.45, 2.75) is 32.0 Å². The van der Waals surface area contributed by atoms with Crippen LogP contribution in [-0.2, 0) is 6.42 Å². The van der Waals surface area contributed by atoms with Crippen molar-refractivity contribution in [2.75, 3.05) is 33.2 Å². The molecule has 0 spiro atoms. The SMILES string of the molecule is CN=C(NCCc1cccc(C)c1)NC1CCN(CC(F)(F)F)C1. The lowest BCUT2D eigenvalue weighted by Gasteiger charge is -2.19. The third kappa shape index (κ3) is 6.39. The molecule has 4 nitrogen and oxygen atoms in total. The largest absolute Gasteiger partial charge is 0.401 e. The Morgan fingerprint density at radius 1 is 1.38 bits per heavy atom. The van der Waals surface area contributed by atoms with Gasteiger partial charge in [-0.1, -0.05) is 29.8 Å². The summed E-state index contributed by atoms with van der Waals surface area (Å²) in [4.78, 5) is 5.58. The molecule has 1 aromatic rings. The van der Waals surface area contributed by atoms with Gasteiger partial charge in [0.05, 0.1) is 6.54 Å². The Balaban J connectivity index is 1.73. The molecule has 2 rings (SSSR count). The van der Waals surface area contributed by atoms with E-state index in [-0.39, 0.29) is 6.04 Å². The highest BCUT2D eigenvalue weighted by atomic mass is 19.4. The second-order valence-electron chi connectivity index (χ2n) is 6.22. The number of likely N-dealkylation sites (tertiary alicyclic amines) is 1. The van der Waals surface area contributed by atoms with Crippen LogP contribution < -0.4 is 10.6 Å². The van der Waals surface area contributed by atoms with Crippen LogP contribution in [0.3, 0.4) is 0 Å². The van der Waals surface area contributed by atoms with Gasteiger partial charge in [0.15, 0.2) is 5.96 Å². The summed E-state index contributed by atoms with van der Waals surface area (Å²) < 4.78 is 37.3. The van der Waals surface area contributed by atoms with Crippen molar-refractivity contribution in [3.63, 3.8) is 0 Å². The Kier molecular flexibility index (Phi) is 6.48. The molecule has 1 atom stereocenters. The number of hydrogen-bond acceptors (Lipinski definition) is 2. The van der Waals surface area contributed by atoms with Crippen molar-refractivity contribution in [3.05, 3.63) is 35.4 Å². The maximum absolute atomic E-state index is 12.4. The predicted octanol–water partition coefficient (Wildman–Crippen LogP) is 2.34. The summed E-state index contributed by atoms with van der Waals surface area (Å²) in [6.45, 7) is 2.78. The summed E-state index contributed by atoms with van der Waals surface area (Å²) in [5.41, 5.74) is 2.47. The van der Waals surface area contributed by atoms with Crippen LogP contribution in [-0.4, -0.2) is 56.3 Å². The zero-order valence-corrected chi connectivity index (χ0v) is 14.2. The molecule has 24 heavy (non-hydrogen) atoms. The summed E-state index contributed by atoms with van der Waals surface area (Å²) in [7, 11) is 1.67. The summed E-state index contributed by atoms with van der Waals surface area (Å²) >= 11 is 0. The van der Waals surface area contributed by atoms with E-state index < -0.39 is 12.7 Å². The highest BCUT2D eigenvalue weighted by Crippen LogP contribution is 2.19. The molecule has 1 unspecified atom stereocenters. The Bertz CT molecular complexity index is 557. The zero-order valence-electron chi connectivity index (χ0n) is 14.2. The number of nitrogens with one attached hydrogen (secondary N) is 2. The molecule has 2 N–H and O–H groups in total. The standard InChI is InChI=1S/C17H25F3N4/c1-13-4-3-5-14(10-13)6-8-22-16(21-2)23-15-7-9-24(11-15)12-17(18,19)20/h3-5,10,15H,6-9,11-12H2,1-2H3,(H2,21,22,23). The van der Waals surface area contributed by atoms with E-state index in [0.29, 0.717) is 25.5 Å². The third-order valence-corrected chi connectivity index (χ3v) is 4.03. The molecule has 1 aliphatic heterocycles. The number of aryl methyl sites for hydroxylation is 1. The fourth-order valence-electron chi connectivity index (χ4n) is 2.93. The molecule has 0 aliphatic carbocycles. The number of hydrogen-bond donors (Lipinski definition) is 2. The summed E-state index contributed by atoms with van der Waals surface area (Å²) in [5, 5.41) is 6.43. The first-order valence-electron chi connectivity index (χ1n) is 8.17. The lowest BCUT2D eigenvalue weighted by molar-refractivity contribution is -0.143. The molecule has 0 aromatic heterocycles. The van der Waals surface area contributed by atoms with Crippen LogP contribution in [0.25, 0.3) is 0 Å². The van der Waals surface area contributed by atoms with Crippen LogP contribution in [0.15, 0.2) is 29.3 Å². The number of nitrogens with zero attached hydrogens (tertiary/aromatic N) is 2. The molecule has 0 bridgehead atoms. The van der Waals surface area contributed by atoms with Gasteiger partial charge in [0.25, 0.3) is 0 Å². The number of aliphatic imine (C=N–C) groups is 1. The van der Waals surface area contributed by atoms with Gasteiger partial charge in [-0.2, -0.15) is 13.2 Å². The number of benzene rings is 1. The van der Waals surface area contributed by atoms with E-state index in [1.54, 1.807) is 7.05 Å². The Morgan fingerprint density at radius 3 is 2.83 bits per heavy atom. The van der Waals surface area contributed by atoms with Crippen LogP contribution >= 0.6 is 0 Å². The minimum atomic E-state index is -4.14. The fraction of sp³-hybridized carbons (Fsp3) is 0.588. The fourth-order valence-corrected chi connectivity index (χ4v) is 2.93. The van der Waals surface area contributed by atoms with Crippen LogP contribution in [0.5, 0.6) is 0 Å². The van der Waals surface area contributed by atoms with Crippen LogP contribution in [0.4, 0.5) is 13.2 Å². The molecule has 1 aromatic carbocycles. The minimum absolute atomic E-state index is 0.00230. The summed E-state index contributed by atoms with van der Waals surface area (Å²) in [6.07, 6.45) is -2.58. The van der Waals surface area contributed by atoms with E-state index in [1.165, 1.54) is 16.0 Å². The van der Waals surface area contributed by atoms with Crippen molar-refractivity contribution in [1.82, 2.24) is 15.5 Å². The van der Waals surface area contributed by atoms with Gasteiger partial charge in [0.2, 0.25) is 0 Å². The normalized spacial score (nSPS) is 19.5. The summed E-state index contributed by atoms with van der Waals surface area (Å²) in [6, 6.07) is 8.31. The topological polar surface area (TPSA) is 39.7 Å². The minimum Gasteiger partial charge on any atom is -0.356 e. The van der Waals surface area contributed by atoms with Gasteiger partial charge in [0, 0.05) is 32.7 Å². The first-order valence-corrected chi connectivity index (χ1v) is 8.17. The molecule has 134 valence electrons. The van der Waals surface area contributed by atoms with Crippen molar-refractivity contribution in [3.8, 4) is 0 Å². The van der Waals surface area contributed by atoms with Gasteiger partial charge < -0.3 is 10.6 Å². The van der Waals surface area contributed by atoms with E-state index in [1.807, 2.05) is 6.07 Å². The summed E-state index contributed by atoms with van der Waals surface area (Å²) in [5.74, 6) is 0.640. The van der Waals surface area contributed by atoms with Gasteiger partial charge in [-0.25, -0.2) is 0 Å². The van der Waals surface area contributed by atoms with E-state index in [4.69, 9.17) is 0 Å². The molecule has 1 heterocycles. The monoisotopic (exact) mass is 342 g/mol. The van der Waals surface area contributed by atoms with Crippen LogP contribution in [0, 0.1) is 6.92 Å². The molecule has 0 amide bonds. The van der Waals surface area contributed by atoms with E-state index in [9.17, 15) is 13.2 Å². The molecule has 1 fully saturated rings. The number of alkyl halides is 3. The molecular formula is C17H25F3N4. The quantitative estimate of drug-likeness (QED) is 0.637. The van der Waals surface area contributed by atoms with Crippen LogP contribution in [0.2, 0.25) is 0 Å². The van der Waals surface area contributed by atoms with Gasteiger partial charge in [0.1, 0.15) is 0 Å². The Morgan fingerprint density at radius 2 is 2.17 bits per heavy atom. The maximum Gasteiger partial charge on any atom is 0.401 e. The second kappa shape index (κ2) is 8.37. The molecule has 1 saturated heterocycles. The van der Waals surface area contributed by atoms with Crippen LogP contribution in [0.1, 0.15) is 17.5 Å². The van der Waals surface area contributed by atoms with Crippen molar-refractivity contribution in [1.29, 1.82) is 0 Å². The first-order chi connectivity index (χ1) is 11.4. The lowest BCUT2D eigenvalue weighted by Crippen LogP contribution is -2.45. The maximum atomic E-state index is 12.4. The number of halogens is 3. The van der Waals surface area contributed by atoms with Gasteiger partial charge in [-0.3, -0.25) is 9.89 Å². The molecule has 0 saturated carbocycles.